The van der Waals surface area contributed by atoms with Crippen molar-refractivity contribution in [2.24, 2.45) is 0 Å². The van der Waals surface area contributed by atoms with Gasteiger partial charge in [0.2, 0.25) is 11.9 Å². The number of imidazole rings is 1. The first-order valence-corrected chi connectivity index (χ1v) is 12.8. The van der Waals surface area contributed by atoms with Crippen molar-refractivity contribution in [2.45, 2.75) is 89.3 Å². The molecule has 0 spiro atoms. The molecule has 1 amide bonds. The summed E-state index contributed by atoms with van der Waals surface area (Å²) in [5.74, 6) is 1.18. The van der Waals surface area contributed by atoms with Gasteiger partial charge in [-0.05, 0) is 39.8 Å². The summed E-state index contributed by atoms with van der Waals surface area (Å²) in [6, 6.07) is -0.298. The molecule has 4 N–H and O–H groups in total. The summed E-state index contributed by atoms with van der Waals surface area (Å²) in [5, 5.41) is 27.9. The van der Waals surface area contributed by atoms with E-state index in [2.05, 4.69) is 53.4 Å². The van der Waals surface area contributed by atoms with Crippen LogP contribution in [0.4, 0.5) is 11.8 Å². The normalized spacial score (nSPS) is 26.9. The van der Waals surface area contributed by atoms with Crippen molar-refractivity contribution >= 4 is 28.8 Å². The Labute approximate surface area is 206 Å². The highest BCUT2D eigenvalue weighted by atomic mass is 16.3. The number of likely N-dealkylation sites (N-methyl/N-ethyl adjacent to an activating group) is 1. The molecule has 2 fully saturated rings. The minimum atomic E-state index is -1.06. The van der Waals surface area contributed by atoms with E-state index in [-0.39, 0.29) is 11.9 Å². The zero-order valence-electron chi connectivity index (χ0n) is 21.5. The summed E-state index contributed by atoms with van der Waals surface area (Å²) in [7, 11) is 4.18. The van der Waals surface area contributed by atoms with Gasteiger partial charge in [0.15, 0.2) is 17.0 Å². The fourth-order valence-corrected chi connectivity index (χ4v) is 5.16. The highest BCUT2D eigenvalue weighted by molar-refractivity contribution is 5.84. The molecule has 0 bridgehead atoms. The van der Waals surface area contributed by atoms with Crippen LogP contribution in [0.2, 0.25) is 0 Å². The zero-order chi connectivity index (χ0) is 25.3. The molecule has 1 aliphatic carbocycles. The molecule has 0 radical (unpaired) electrons. The van der Waals surface area contributed by atoms with Crippen molar-refractivity contribution < 1.29 is 15.0 Å². The van der Waals surface area contributed by atoms with Crippen molar-refractivity contribution in [1.29, 1.82) is 0 Å². The van der Waals surface area contributed by atoms with E-state index in [4.69, 9.17) is 9.97 Å². The monoisotopic (exact) mass is 488 g/mol. The Hall–Kier alpha value is -2.50. The number of fused-ring (bicyclic) bond motifs is 1. The Balaban J connectivity index is 1.72. The van der Waals surface area contributed by atoms with E-state index in [0.717, 1.165) is 32.4 Å². The number of anilines is 2. The van der Waals surface area contributed by atoms with Gasteiger partial charge >= 0.3 is 0 Å². The molecule has 1 saturated carbocycles. The van der Waals surface area contributed by atoms with Crippen LogP contribution in [0.15, 0.2) is 6.33 Å². The first-order valence-electron chi connectivity index (χ1n) is 12.8. The second kappa shape index (κ2) is 10.6. The molecule has 11 nitrogen and oxygen atoms in total. The SMILES string of the molecule is CCC(=O)N[C@H]1C[C@@H](n2cnc3c(NC(CC)CC)nc(N4CC[C@@H](N(C)C)C4)nc32)[C@H](O)[C@@H]1O. The Kier molecular flexibility index (Phi) is 7.77. The summed E-state index contributed by atoms with van der Waals surface area (Å²) in [6.07, 6.45) is 3.22. The topological polar surface area (TPSA) is 132 Å². The van der Waals surface area contributed by atoms with Crippen molar-refractivity contribution in [1.82, 2.24) is 29.7 Å². The number of hydrogen-bond acceptors (Lipinski definition) is 9. The summed E-state index contributed by atoms with van der Waals surface area (Å²) in [4.78, 5) is 30.8. The van der Waals surface area contributed by atoms with Crippen LogP contribution < -0.4 is 15.5 Å². The van der Waals surface area contributed by atoms with Crippen LogP contribution in [0.25, 0.3) is 11.2 Å². The number of nitrogens with zero attached hydrogens (tertiary/aromatic N) is 6. The highest BCUT2D eigenvalue weighted by Gasteiger charge is 2.44. The average molecular weight is 489 g/mol. The molecule has 0 aromatic carbocycles. The first kappa shape index (κ1) is 25.6. The lowest BCUT2D eigenvalue weighted by Crippen LogP contribution is -2.42. The molecule has 5 atom stereocenters. The fraction of sp³-hybridized carbons (Fsp3) is 0.750. The smallest absolute Gasteiger partial charge is 0.229 e. The van der Waals surface area contributed by atoms with Gasteiger partial charge in [-0.1, -0.05) is 20.8 Å². The molecule has 4 rings (SSSR count). The van der Waals surface area contributed by atoms with Gasteiger partial charge in [0, 0.05) is 31.6 Å². The van der Waals surface area contributed by atoms with E-state index in [1.807, 2.05) is 4.57 Å². The minimum absolute atomic E-state index is 0.150. The number of nitrogens with one attached hydrogen (secondary N) is 2. The highest BCUT2D eigenvalue weighted by Crippen LogP contribution is 2.35. The van der Waals surface area contributed by atoms with Crippen molar-refractivity contribution in [3.8, 4) is 0 Å². The Morgan fingerprint density at radius 3 is 2.57 bits per heavy atom. The van der Waals surface area contributed by atoms with Crippen LogP contribution in [-0.2, 0) is 4.79 Å². The number of carbonyl (C=O) groups excluding carboxylic acids is 1. The van der Waals surface area contributed by atoms with Gasteiger partial charge in [0.05, 0.1) is 18.4 Å². The molecule has 2 aromatic rings. The minimum Gasteiger partial charge on any atom is -0.388 e. The van der Waals surface area contributed by atoms with Gasteiger partial charge in [0.1, 0.15) is 12.2 Å². The molecular formula is C24H40N8O3. The van der Waals surface area contributed by atoms with Gasteiger partial charge in [-0.2, -0.15) is 9.97 Å². The van der Waals surface area contributed by atoms with Crippen LogP contribution in [0, 0.1) is 0 Å². The summed E-state index contributed by atoms with van der Waals surface area (Å²) < 4.78 is 1.84. The third-order valence-corrected chi connectivity index (χ3v) is 7.59. The van der Waals surface area contributed by atoms with E-state index in [9.17, 15) is 15.0 Å². The van der Waals surface area contributed by atoms with Crippen molar-refractivity contribution in [3.63, 3.8) is 0 Å². The van der Waals surface area contributed by atoms with Gasteiger partial charge in [-0.3, -0.25) is 4.79 Å². The van der Waals surface area contributed by atoms with Crippen molar-refractivity contribution in [3.05, 3.63) is 6.33 Å². The largest absolute Gasteiger partial charge is 0.388 e. The van der Waals surface area contributed by atoms with E-state index in [1.165, 1.54) is 0 Å². The van der Waals surface area contributed by atoms with E-state index in [1.54, 1.807) is 13.3 Å². The summed E-state index contributed by atoms with van der Waals surface area (Å²) >= 11 is 0. The molecule has 11 heteroatoms. The molecule has 2 aliphatic rings. The Bertz CT molecular complexity index is 1020. The van der Waals surface area contributed by atoms with E-state index in [0.29, 0.717) is 41.8 Å². The van der Waals surface area contributed by atoms with Crippen LogP contribution in [0.3, 0.4) is 0 Å². The molecule has 3 heterocycles. The number of carbonyl (C=O) groups is 1. The predicted molar refractivity (Wildman–Crippen MR) is 136 cm³/mol. The number of aliphatic hydroxyl groups is 2. The zero-order valence-corrected chi connectivity index (χ0v) is 21.5. The molecule has 0 unspecified atom stereocenters. The molecule has 35 heavy (non-hydrogen) atoms. The number of aliphatic hydroxyl groups excluding tert-OH is 2. The number of rotatable bonds is 9. The molecule has 194 valence electrons. The maximum Gasteiger partial charge on any atom is 0.229 e. The third-order valence-electron chi connectivity index (χ3n) is 7.59. The maximum absolute atomic E-state index is 11.9. The lowest BCUT2D eigenvalue weighted by molar-refractivity contribution is -0.122. The summed E-state index contributed by atoms with van der Waals surface area (Å²) in [5.41, 5.74) is 1.27. The number of aromatic nitrogens is 4. The Morgan fingerprint density at radius 2 is 1.94 bits per heavy atom. The number of hydrogen-bond donors (Lipinski definition) is 4. The van der Waals surface area contributed by atoms with Gasteiger partial charge in [-0.25, -0.2) is 4.98 Å². The van der Waals surface area contributed by atoms with E-state index < -0.39 is 24.3 Å². The lowest BCUT2D eigenvalue weighted by atomic mass is 10.2. The van der Waals surface area contributed by atoms with Gasteiger partial charge in [-0.15, -0.1) is 0 Å². The van der Waals surface area contributed by atoms with Crippen molar-refractivity contribution in [2.75, 3.05) is 37.4 Å². The second-order valence-corrected chi connectivity index (χ2v) is 10.0. The maximum atomic E-state index is 11.9. The number of amides is 1. The quantitative estimate of drug-likeness (QED) is 0.410. The fourth-order valence-electron chi connectivity index (χ4n) is 5.16. The van der Waals surface area contributed by atoms with Crippen LogP contribution in [0.5, 0.6) is 0 Å². The first-order chi connectivity index (χ1) is 16.8. The second-order valence-electron chi connectivity index (χ2n) is 10.0. The predicted octanol–water partition coefficient (Wildman–Crippen LogP) is 1.13. The molecular weight excluding hydrogens is 448 g/mol. The molecule has 1 aliphatic heterocycles. The van der Waals surface area contributed by atoms with E-state index >= 15 is 0 Å². The lowest BCUT2D eigenvalue weighted by Gasteiger charge is -2.23. The van der Waals surface area contributed by atoms with Crippen LogP contribution in [-0.4, -0.2) is 98.1 Å². The Morgan fingerprint density at radius 1 is 1.20 bits per heavy atom. The summed E-state index contributed by atoms with van der Waals surface area (Å²) in [6.45, 7) is 7.75. The standard InChI is InChI=1S/C24H40N8O3/c1-6-14(7-2)26-22-19-23(29-24(28-22)31-10-9-15(12-31)30(4)5)32(13-25-19)17-11-16(20(34)21(17)35)27-18(33)8-3/h13-17,20-21,34-35H,6-12H2,1-5H3,(H,27,33)(H,26,28,29)/t15-,16+,17-,20-,21+/m1/s1. The van der Waals surface area contributed by atoms with Gasteiger partial charge in [0.25, 0.3) is 0 Å². The van der Waals surface area contributed by atoms with Crippen LogP contribution in [0.1, 0.15) is 58.9 Å². The van der Waals surface area contributed by atoms with Crippen LogP contribution >= 0.6 is 0 Å². The molecule has 1 saturated heterocycles. The van der Waals surface area contributed by atoms with Gasteiger partial charge < -0.3 is 35.2 Å². The molecule has 2 aromatic heterocycles. The third kappa shape index (κ3) is 5.07. The average Bonchev–Trinajstić information content (AvgIpc) is 3.57.